The molecule has 164 valence electrons. The number of alkyl halides is 2. The predicted molar refractivity (Wildman–Crippen MR) is 112 cm³/mol. The lowest BCUT2D eigenvalue weighted by Crippen LogP contribution is -2.39. The predicted octanol–water partition coefficient (Wildman–Crippen LogP) is 3.27. The summed E-state index contributed by atoms with van der Waals surface area (Å²) in [6.07, 6.45) is 7.06. The molecule has 29 heavy (non-hydrogen) atoms. The molecule has 0 spiro atoms. The van der Waals surface area contributed by atoms with Gasteiger partial charge in [0.25, 0.3) is 0 Å². The molecule has 0 aliphatic carbocycles. The summed E-state index contributed by atoms with van der Waals surface area (Å²) in [4.78, 5) is 6.79. The molecule has 2 rings (SSSR count). The number of guanidine groups is 1. The molecule has 1 fully saturated rings. The van der Waals surface area contributed by atoms with Crippen molar-refractivity contribution in [2.24, 2.45) is 4.99 Å². The van der Waals surface area contributed by atoms with Gasteiger partial charge < -0.3 is 25.0 Å². The van der Waals surface area contributed by atoms with Crippen molar-refractivity contribution in [3.8, 4) is 11.5 Å². The van der Waals surface area contributed by atoms with Crippen LogP contribution in [0.2, 0.25) is 0 Å². The van der Waals surface area contributed by atoms with E-state index in [2.05, 4.69) is 25.3 Å². The van der Waals surface area contributed by atoms with Crippen LogP contribution in [0.15, 0.2) is 23.2 Å². The first-order chi connectivity index (χ1) is 14.1. The second kappa shape index (κ2) is 13.2. The summed E-state index contributed by atoms with van der Waals surface area (Å²) in [5.74, 6) is 1.10. The van der Waals surface area contributed by atoms with Crippen molar-refractivity contribution in [2.75, 3.05) is 46.9 Å². The number of hydrogen-bond acceptors (Lipinski definition) is 4. The third kappa shape index (κ3) is 8.85. The molecule has 1 saturated heterocycles. The highest BCUT2D eigenvalue weighted by atomic mass is 19.3. The molecule has 1 heterocycles. The van der Waals surface area contributed by atoms with Crippen LogP contribution in [0.5, 0.6) is 11.5 Å². The van der Waals surface area contributed by atoms with Crippen molar-refractivity contribution in [1.82, 2.24) is 15.5 Å². The Hall–Kier alpha value is -2.09. The molecule has 1 aliphatic heterocycles. The summed E-state index contributed by atoms with van der Waals surface area (Å²) in [6.45, 7) is 2.16. The maximum atomic E-state index is 12.5. The number of hydrogen-bond donors (Lipinski definition) is 2. The van der Waals surface area contributed by atoms with Gasteiger partial charge in [0.2, 0.25) is 0 Å². The first kappa shape index (κ1) is 23.2. The fourth-order valence-corrected chi connectivity index (χ4v) is 3.48. The lowest BCUT2D eigenvalue weighted by Gasteiger charge is -2.20. The van der Waals surface area contributed by atoms with Crippen molar-refractivity contribution in [1.29, 1.82) is 0 Å². The molecular weight excluding hydrogens is 378 g/mol. The Morgan fingerprint density at radius 1 is 1.10 bits per heavy atom. The van der Waals surface area contributed by atoms with E-state index in [4.69, 9.17) is 4.74 Å². The number of rotatable bonds is 10. The minimum atomic E-state index is -2.88. The molecule has 0 bridgehead atoms. The van der Waals surface area contributed by atoms with Gasteiger partial charge in [0.1, 0.15) is 0 Å². The number of nitrogens with one attached hydrogen (secondary N) is 2. The van der Waals surface area contributed by atoms with E-state index < -0.39 is 6.61 Å². The van der Waals surface area contributed by atoms with Crippen molar-refractivity contribution < 1.29 is 18.3 Å². The van der Waals surface area contributed by atoms with Crippen LogP contribution in [0, 0.1) is 0 Å². The summed E-state index contributed by atoms with van der Waals surface area (Å²) in [6, 6.07) is 5.07. The zero-order chi connectivity index (χ0) is 20.9. The average Bonchev–Trinajstić information content (AvgIpc) is 2.98. The smallest absolute Gasteiger partial charge is 0.387 e. The maximum Gasteiger partial charge on any atom is 0.387 e. The Bertz CT molecular complexity index is 621. The van der Waals surface area contributed by atoms with Gasteiger partial charge in [-0.15, -0.1) is 0 Å². The summed E-state index contributed by atoms with van der Waals surface area (Å²) >= 11 is 0. The fourth-order valence-electron chi connectivity index (χ4n) is 3.48. The molecule has 0 saturated carbocycles. The quantitative estimate of drug-likeness (QED) is 0.351. The Morgan fingerprint density at radius 3 is 2.48 bits per heavy atom. The van der Waals surface area contributed by atoms with Gasteiger partial charge in [-0.05, 0) is 63.0 Å². The number of halogens is 2. The van der Waals surface area contributed by atoms with E-state index >= 15 is 0 Å². The van der Waals surface area contributed by atoms with E-state index in [0.717, 1.165) is 31.0 Å². The molecule has 0 aromatic heterocycles. The normalized spacial score (nSPS) is 15.8. The fraction of sp³-hybridized carbons (Fsp3) is 0.667. The second-order valence-corrected chi connectivity index (χ2v) is 7.15. The van der Waals surface area contributed by atoms with Crippen molar-refractivity contribution in [2.45, 2.75) is 45.1 Å². The molecule has 0 atom stereocenters. The standard InChI is InChI=1S/C21H34F2N4O2/c1-24-21(25-11-7-15-27-13-5-3-4-6-14-27)26-12-10-17-8-9-18(28-2)19(16-17)29-20(22)23/h8-9,16,20H,3-7,10-15H2,1-2H3,(H2,24,25,26). The van der Waals surface area contributed by atoms with E-state index in [-0.39, 0.29) is 5.75 Å². The number of ether oxygens (including phenoxy) is 2. The number of methoxy groups -OCH3 is 1. The molecule has 1 aliphatic rings. The van der Waals surface area contributed by atoms with Crippen molar-refractivity contribution >= 4 is 5.96 Å². The lowest BCUT2D eigenvalue weighted by atomic mass is 10.1. The van der Waals surface area contributed by atoms with Crippen LogP contribution in [0.4, 0.5) is 8.78 Å². The van der Waals surface area contributed by atoms with Crippen molar-refractivity contribution in [3.63, 3.8) is 0 Å². The van der Waals surface area contributed by atoms with Gasteiger partial charge in [-0.1, -0.05) is 18.9 Å². The van der Waals surface area contributed by atoms with E-state index in [1.165, 1.54) is 45.9 Å². The molecule has 1 aromatic carbocycles. The van der Waals surface area contributed by atoms with Crippen LogP contribution >= 0.6 is 0 Å². The highest BCUT2D eigenvalue weighted by Gasteiger charge is 2.11. The Labute approximate surface area is 172 Å². The van der Waals surface area contributed by atoms with Crippen LogP contribution in [-0.4, -0.2) is 64.4 Å². The van der Waals surface area contributed by atoms with Gasteiger partial charge in [-0.3, -0.25) is 4.99 Å². The Kier molecular flexibility index (Phi) is 10.5. The van der Waals surface area contributed by atoms with Crippen LogP contribution in [0.3, 0.4) is 0 Å². The second-order valence-electron chi connectivity index (χ2n) is 7.15. The Morgan fingerprint density at radius 2 is 1.83 bits per heavy atom. The van der Waals surface area contributed by atoms with Gasteiger partial charge in [0.15, 0.2) is 17.5 Å². The first-order valence-corrected chi connectivity index (χ1v) is 10.4. The molecule has 1 aromatic rings. The highest BCUT2D eigenvalue weighted by Crippen LogP contribution is 2.29. The number of likely N-dealkylation sites (tertiary alicyclic amines) is 1. The van der Waals surface area contributed by atoms with Crippen LogP contribution in [-0.2, 0) is 6.42 Å². The topological polar surface area (TPSA) is 58.1 Å². The van der Waals surface area contributed by atoms with Crippen LogP contribution < -0.4 is 20.1 Å². The molecule has 8 heteroatoms. The van der Waals surface area contributed by atoms with Crippen LogP contribution in [0.1, 0.15) is 37.7 Å². The van der Waals surface area contributed by atoms with E-state index in [1.807, 2.05) is 6.07 Å². The van der Waals surface area contributed by atoms with E-state index in [9.17, 15) is 8.78 Å². The number of benzene rings is 1. The highest BCUT2D eigenvalue weighted by molar-refractivity contribution is 5.79. The summed E-state index contributed by atoms with van der Waals surface area (Å²) in [5, 5.41) is 6.60. The van der Waals surface area contributed by atoms with Crippen LogP contribution in [0.25, 0.3) is 0 Å². The van der Waals surface area contributed by atoms with E-state index in [0.29, 0.717) is 18.7 Å². The van der Waals surface area contributed by atoms with Gasteiger partial charge >= 0.3 is 6.61 Å². The molecular formula is C21H34F2N4O2. The summed E-state index contributed by atoms with van der Waals surface area (Å²) in [5.41, 5.74) is 0.880. The SMILES string of the molecule is CN=C(NCCCN1CCCCCC1)NCCc1ccc(OC)c(OC(F)F)c1. The minimum Gasteiger partial charge on any atom is -0.493 e. The molecule has 0 radical (unpaired) electrons. The Balaban J connectivity index is 1.69. The number of aliphatic imine (C=N–C) groups is 1. The zero-order valence-electron chi connectivity index (χ0n) is 17.6. The maximum absolute atomic E-state index is 12.5. The monoisotopic (exact) mass is 412 g/mol. The molecule has 6 nitrogen and oxygen atoms in total. The largest absolute Gasteiger partial charge is 0.493 e. The van der Waals surface area contributed by atoms with Gasteiger partial charge in [0.05, 0.1) is 7.11 Å². The molecule has 0 amide bonds. The molecule has 0 unspecified atom stereocenters. The van der Waals surface area contributed by atoms with Gasteiger partial charge in [-0.2, -0.15) is 8.78 Å². The number of nitrogens with zero attached hydrogens (tertiary/aromatic N) is 2. The first-order valence-electron chi connectivity index (χ1n) is 10.4. The third-order valence-electron chi connectivity index (χ3n) is 5.02. The van der Waals surface area contributed by atoms with E-state index in [1.54, 1.807) is 19.2 Å². The average molecular weight is 413 g/mol. The zero-order valence-corrected chi connectivity index (χ0v) is 17.6. The minimum absolute atomic E-state index is 0.0519. The third-order valence-corrected chi connectivity index (χ3v) is 5.02. The van der Waals surface area contributed by atoms with Gasteiger partial charge in [-0.25, -0.2) is 0 Å². The lowest BCUT2D eigenvalue weighted by molar-refractivity contribution is -0.0512. The molecule has 2 N–H and O–H groups in total. The van der Waals surface area contributed by atoms with Crippen molar-refractivity contribution in [3.05, 3.63) is 23.8 Å². The summed E-state index contributed by atoms with van der Waals surface area (Å²) < 4.78 is 34.7. The van der Waals surface area contributed by atoms with Gasteiger partial charge in [0, 0.05) is 20.1 Å². The summed E-state index contributed by atoms with van der Waals surface area (Å²) in [7, 11) is 3.17.